The normalized spacial score (nSPS) is 12.3. The van der Waals surface area contributed by atoms with E-state index >= 15 is 0 Å². The summed E-state index contributed by atoms with van der Waals surface area (Å²) in [5.74, 6) is 1.24. The molecule has 0 spiro atoms. The Morgan fingerprint density at radius 2 is 1.56 bits per heavy atom. The van der Waals surface area contributed by atoms with Gasteiger partial charge in [-0.3, -0.25) is 4.90 Å². The van der Waals surface area contributed by atoms with Gasteiger partial charge < -0.3 is 9.84 Å². The number of ether oxygens (including phenoxy) is 1. The van der Waals surface area contributed by atoms with Crippen LogP contribution in [0.3, 0.4) is 0 Å². The van der Waals surface area contributed by atoms with Crippen molar-refractivity contribution in [3.05, 3.63) is 102 Å². The van der Waals surface area contributed by atoms with Crippen LogP contribution in [0.2, 0.25) is 0 Å². The van der Waals surface area contributed by atoms with Crippen LogP contribution in [0.25, 0.3) is 11.3 Å². The molecule has 4 aromatic rings. The first-order valence-corrected chi connectivity index (χ1v) is 12.4. The lowest BCUT2D eigenvalue weighted by Crippen LogP contribution is -2.35. The number of aryl methyl sites for hydroxylation is 1. The SMILES string of the molecule is CC(C)CN(Cc1c(-c2ccccc2)nn(C)c1Oc1ccc(F)cc1)CC(O)Cc1ccccc1. The third kappa shape index (κ3) is 6.80. The average molecular weight is 488 g/mol. The number of rotatable bonds is 11. The molecule has 0 saturated carbocycles. The Hall–Kier alpha value is -3.48. The molecule has 0 saturated heterocycles. The van der Waals surface area contributed by atoms with E-state index in [4.69, 9.17) is 9.84 Å². The molecule has 1 N–H and O–H groups in total. The zero-order valence-electron chi connectivity index (χ0n) is 21.1. The van der Waals surface area contributed by atoms with E-state index in [2.05, 4.69) is 18.7 Å². The van der Waals surface area contributed by atoms with Gasteiger partial charge in [-0.25, -0.2) is 9.07 Å². The van der Waals surface area contributed by atoms with Crippen molar-refractivity contribution in [3.8, 4) is 22.9 Å². The van der Waals surface area contributed by atoms with Gasteiger partial charge >= 0.3 is 0 Å². The molecule has 0 amide bonds. The minimum atomic E-state index is -0.510. The predicted octanol–water partition coefficient (Wildman–Crippen LogP) is 6.08. The lowest BCUT2D eigenvalue weighted by atomic mass is 10.0. The Kier molecular flexibility index (Phi) is 8.52. The van der Waals surface area contributed by atoms with E-state index in [1.165, 1.54) is 12.1 Å². The monoisotopic (exact) mass is 487 g/mol. The van der Waals surface area contributed by atoms with Gasteiger partial charge in [0.25, 0.3) is 0 Å². The van der Waals surface area contributed by atoms with Gasteiger partial charge in [0.2, 0.25) is 5.88 Å². The highest BCUT2D eigenvalue weighted by atomic mass is 19.1. The van der Waals surface area contributed by atoms with Crippen LogP contribution in [0.5, 0.6) is 11.6 Å². The number of aromatic nitrogens is 2. The van der Waals surface area contributed by atoms with Gasteiger partial charge in [-0.15, -0.1) is 0 Å². The zero-order chi connectivity index (χ0) is 25.5. The van der Waals surface area contributed by atoms with Crippen molar-refractivity contribution in [1.82, 2.24) is 14.7 Å². The van der Waals surface area contributed by atoms with Gasteiger partial charge in [-0.1, -0.05) is 74.5 Å². The van der Waals surface area contributed by atoms with Crippen LogP contribution in [-0.2, 0) is 20.0 Å². The van der Waals surface area contributed by atoms with Crippen LogP contribution in [-0.4, -0.2) is 39.0 Å². The molecule has 0 radical (unpaired) electrons. The molecular formula is C30H34FN3O2. The Labute approximate surface area is 212 Å². The summed E-state index contributed by atoms with van der Waals surface area (Å²) in [6.45, 7) is 6.23. The van der Waals surface area contributed by atoms with E-state index in [0.29, 0.717) is 37.1 Å². The largest absolute Gasteiger partial charge is 0.439 e. The van der Waals surface area contributed by atoms with Crippen molar-refractivity contribution < 1.29 is 14.2 Å². The molecule has 5 nitrogen and oxygen atoms in total. The highest BCUT2D eigenvalue weighted by Crippen LogP contribution is 2.34. The summed E-state index contributed by atoms with van der Waals surface area (Å²) < 4.78 is 21.5. The first kappa shape index (κ1) is 25.6. The second-order valence-electron chi connectivity index (χ2n) is 9.61. The van der Waals surface area contributed by atoms with Crippen molar-refractivity contribution in [2.75, 3.05) is 13.1 Å². The van der Waals surface area contributed by atoms with Crippen LogP contribution in [0, 0.1) is 11.7 Å². The molecule has 0 bridgehead atoms. The molecule has 0 aliphatic heterocycles. The molecule has 1 atom stereocenters. The molecule has 188 valence electrons. The second-order valence-corrected chi connectivity index (χ2v) is 9.61. The number of benzene rings is 3. The summed E-state index contributed by atoms with van der Waals surface area (Å²) in [5.41, 5.74) is 3.87. The quantitative estimate of drug-likeness (QED) is 0.279. The fourth-order valence-electron chi connectivity index (χ4n) is 4.46. The van der Waals surface area contributed by atoms with Crippen LogP contribution < -0.4 is 4.74 Å². The van der Waals surface area contributed by atoms with Gasteiger partial charge in [0.05, 0.1) is 11.7 Å². The number of aliphatic hydroxyl groups is 1. The fraction of sp³-hybridized carbons (Fsp3) is 0.300. The van der Waals surface area contributed by atoms with Crippen molar-refractivity contribution in [3.63, 3.8) is 0 Å². The summed E-state index contributed by atoms with van der Waals surface area (Å²) in [4.78, 5) is 2.26. The highest BCUT2D eigenvalue weighted by molar-refractivity contribution is 5.65. The molecule has 1 heterocycles. The number of nitrogens with zero attached hydrogens (tertiary/aromatic N) is 3. The topological polar surface area (TPSA) is 50.5 Å². The fourth-order valence-corrected chi connectivity index (χ4v) is 4.46. The standard InChI is InChI=1S/C30H34FN3O2/c1-22(2)19-34(20-26(35)18-23-10-6-4-7-11-23)21-28-29(24-12-8-5-9-13-24)32-33(3)30(28)36-27-16-14-25(31)15-17-27/h4-17,22,26,35H,18-21H2,1-3H3. The lowest BCUT2D eigenvalue weighted by Gasteiger charge is -2.27. The van der Waals surface area contributed by atoms with Gasteiger partial charge in [-0.2, -0.15) is 5.10 Å². The third-order valence-electron chi connectivity index (χ3n) is 5.95. The van der Waals surface area contributed by atoms with Crippen molar-refractivity contribution in [2.45, 2.75) is 32.9 Å². The Morgan fingerprint density at radius 3 is 2.19 bits per heavy atom. The van der Waals surface area contributed by atoms with Crippen LogP contribution in [0.15, 0.2) is 84.9 Å². The molecule has 0 fully saturated rings. The number of halogens is 1. The van der Waals surface area contributed by atoms with Crippen LogP contribution in [0.1, 0.15) is 25.0 Å². The molecule has 1 unspecified atom stereocenters. The molecule has 0 aliphatic rings. The maximum absolute atomic E-state index is 13.5. The van der Waals surface area contributed by atoms with Crippen molar-refractivity contribution in [1.29, 1.82) is 0 Å². The van der Waals surface area contributed by atoms with Crippen LogP contribution >= 0.6 is 0 Å². The summed E-state index contributed by atoms with van der Waals surface area (Å²) in [6, 6.07) is 26.1. The lowest BCUT2D eigenvalue weighted by molar-refractivity contribution is 0.101. The minimum Gasteiger partial charge on any atom is -0.439 e. The Morgan fingerprint density at radius 1 is 0.917 bits per heavy atom. The highest BCUT2D eigenvalue weighted by Gasteiger charge is 2.24. The first-order valence-electron chi connectivity index (χ1n) is 12.4. The smallest absolute Gasteiger partial charge is 0.222 e. The molecule has 6 heteroatoms. The summed E-state index contributed by atoms with van der Waals surface area (Å²) >= 11 is 0. The molecule has 0 aliphatic carbocycles. The van der Waals surface area contributed by atoms with Gasteiger partial charge in [0.1, 0.15) is 17.3 Å². The van der Waals surface area contributed by atoms with Crippen molar-refractivity contribution >= 4 is 0 Å². The number of hydrogen-bond donors (Lipinski definition) is 1. The molecule has 4 rings (SSSR count). The van der Waals surface area contributed by atoms with E-state index in [0.717, 1.165) is 28.9 Å². The summed E-state index contributed by atoms with van der Waals surface area (Å²) in [6.07, 6.45) is 0.0805. The molecule has 1 aromatic heterocycles. The third-order valence-corrected chi connectivity index (χ3v) is 5.95. The van der Waals surface area contributed by atoms with Gasteiger partial charge in [-0.05, 0) is 42.2 Å². The van der Waals surface area contributed by atoms with E-state index in [-0.39, 0.29) is 5.82 Å². The molecule has 36 heavy (non-hydrogen) atoms. The van der Waals surface area contributed by atoms with Crippen LogP contribution in [0.4, 0.5) is 4.39 Å². The van der Waals surface area contributed by atoms with E-state index in [1.807, 2.05) is 67.7 Å². The summed E-state index contributed by atoms with van der Waals surface area (Å²) in [7, 11) is 1.85. The van der Waals surface area contributed by atoms with Gasteiger partial charge in [0, 0.05) is 32.2 Å². The second kappa shape index (κ2) is 12.0. The van der Waals surface area contributed by atoms with Gasteiger partial charge in [0.15, 0.2) is 0 Å². The van der Waals surface area contributed by atoms with E-state index in [1.54, 1.807) is 16.8 Å². The Bertz CT molecular complexity index is 1220. The van der Waals surface area contributed by atoms with E-state index < -0.39 is 6.10 Å². The first-order chi connectivity index (χ1) is 17.4. The maximum atomic E-state index is 13.5. The average Bonchev–Trinajstić information content (AvgIpc) is 3.16. The van der Waals surface area contributed by atoms with E-state index in [9.17, 15) is 9.50 Å². The summed E-state index contributed by atoms with van der Waals surface area (Å²) in [5, 5.41) is 15.8. The molecular weight excluding hydrogens is 453 g/mol. The Balaban J connectivity index is 1.65. The maximum Gasteiger partial charge on any atom is 0.222 e. The zero-order valence-corrected chi connectivity index (χ0v) is 21.1. The number of aliphatic hydroxyl groups excluding tert-OH is 1. The number of hydrogen-bond acceptors (Lipinski definition) is 4. The predicted molar refractivity (Wildman–Crippen MR) is 141 cm³/mol. The minimum absolute atomic E-state index is 0.312. The molecule has 3 aromatic carbocycles. The van der Waals surface area contributed by atoms with Crippen molar-refractivity contribution in [2.24, 2.45) is 13.0 Å².